The molecule has 0 saturated carbocycles. The summed E-state index contributed by atoms with van der Waals surface area (Å²) in [5.41, 5.74) is 0.597. The van der Waals surface area contributed by atoms with Crippen molar-refractivity contribution >= 4 is 22.8 Å². The number of nitrogens with one attached hydrogen (secondary N) is 3. The van der Waals surface area contributed by atoms with E-state index in [0.717, 1.165) is 6.20 Å². The molecule has 1 atom stereocenters. The number of rotatable bonds is 4. The lowest BCUT2D eigenvalue weighted by molar-refractivity contribution is 0.592. The molecular formula is C16H13FN8O2. The average Bonchev–Trinajstić information content (AvgIpc) is 2.99. The quantitative estimate of drug-likeness (QED) is 0.491. The number of hydrogen-bond acceptors (Lipinski definition) is 7. The third-order valence-electron chi connectivity index (χ3n) is 3.99. The molecule has 10 nitrogen and oxygen atoms in total. The highest BCUT2D eigenvalue weighted by molar-refractivity contribution is 5.72. The molecule has 27 heavy (non-hydrogen) atoms. The van der Waals surface area contributed by atoms with Gasteiger partial charge in [0.15, 0.2) is 5.65 Å². The van der Waals surface area contributed by atoms with E-state index in [-0.39, 0.29) is 17.2 Å². The van der Waals surface area contributed by atoms with Crippen LogP contribution in [0.1, 0.15) is 18.7 Å². The van der Waals surface area contributed by atoms with E-state index < -0.39 is 17.5 Å². The molecule has 11 heteroatoms. The maximum atomic E-state index is 13.1. The van der Waals surface area contributed by atoms with Crippen LogP contribution in [0.15, 0.2) is 46.6 Å². The summed E-state index contributed by atoms with van der Waals surface area (Å²) >= 11 is 0. The van der Waals surface area contributed by atoms with Gasteiger partial charge in [0.05, 0.1) is 36.7 Å². The highest BCUT2D eigenvalue weighted by Crippen LogP contribution is 2.19. The summed E-state index contributed by atoms with van der Waals surface area (Å²) in [5, 5.41) is 2.76. The van der Waals surface area contributed by atoms with E-state index in [0.29, 0.717) is 16.9 Å². The molecule has 0 aliphatic carbocycles. The minimum absolute atomic E-state index is 0.119. The van der Waals surface area contributed by atoms with Crippen molar-refractivity contribution in [3.63, 3.8) is 0 Å². The Morgan fingerprint density at radius 1 is 1.19 bits per heavy atom. The molecule has 4 rings (SSSR count). The van der Waals surface area contributed by atoms with Crippen molar-refractivity contribution in [1.82, 2.24) is 34.5 Å². The van der Waals surface area contributed by atoms with Crippen LogP contribution in [0.2, 0.25) is 0 Å². The number of hydrogen-bond donors (Lipinski definition) is 3. The normalized spacial score (nSPS) is 12.2. The van der Waals surface area contributed by atoms with Gasteiger partial charge in [-0.25, -0.2) is 19.2 Å². The second kappa shape index (κ2) is 6.44. The van der Waals surface area contributed by atoms with E-state index in [1.165, 1.54) is 35.4 Å². The third-order valence-corrected chi connectivity index (χ3v) is 3.99. The summed E-state index contributed by atoms with van der Waals surface area (Å²) in [6.07, 6.45) is 5.11. The van der Waals surface area contributed by atoms with Crippen LogP contribution in [0.5, 0.6) is 0 Å². The lowest BCUT2D eigenvalue weighted by Gasteiger charge is -2.12. The van der Waals surface area contributed by atoms with Gasteiger partial charge in [-0.2, -0.15) is 4.98 Å². The average molecular weight is 368 g/mol. The highest BCUT2D eigenvalue weighted by atomic mass is 19.1. The van der Waals surface area contributed by atoms with Gasteiger partial charge in [-0.05, 0) is 19.1 Å². The van der Waals surface area contributed by atoms with Crippen molar-refractivity contribution in [3.05, 3.63) is 69.4 Å². The van der Waals surface area contributed by atoms with Crippen LogP contribution in [0.4, 0.5) is 16.0 Å². The Balaban J connectivity index is 1.78. The molecule has 136 valence electrons. The predicted octanol–water partition coefficient (Wildman–Crippen LogP) is 1.09. The largest absolute Gasteiger partial charge is 0.328 e. The second-order valence-corrected chi connectivity index (χ2v) is 5.73. The van der Waals surface area contributed by atoms with E-state index in [1.807, 2.05) is 0 Å². The Bertz CT molecular complexity index is 1230. The molecule has 0 amide bonds. The summed E-state index contributed by atoms with van der Waals surface area (Å²) in [5.74, 6) is -0.347. The number of halogens is 1. The molecule has 0 bridgehead atoms. The molecule has 0 aliphatic rings. The Labute approximate surface area is 150 Å². The third kappa shape index (κ3) is 3.05. The zero-order valence-electron chi connectivity index (χ0n) is 14.0. The topological polar surface area (TPSA) is 134 Å². The molecule has 4 heterocycles. The summed E-state index contributed by atoms with van der Waals surface area (Å²) < 4.78 is 14.5. The summed E-state index contributed by atoms with van der Waals surface area (Å²) in [6.45, 7) is 1.75. The second-order valence-electron chi connectivity index (χ2n) is 5.73. The molecule has 0 spiro atoms. The summed E-state index contributed by atoms with van der Waals surface area (Å²) in [4.78, 5) is 45.5. The first-order valence-corrected chi connectivity index (χ1v) is 7.91. The van der Waals surface area contributed by atoms with Gasteiger partial charge < -0.3 is 15.3 Å². The van der Waals surface area contributed by atoms with Crippen LogP contribution in [0.25, 0.3) is 11.2 Å². The minimum atomic E-state index is -0.503. The molecular weight excluding hydrogens is 355 g/mol. The monoisotopic (exact) mass is 368 g/mol. The first kappa shape index (κ1) is 16.6. The number of aromatic amines is 2. The van der Waals surface area contributed by atoms with Crippen LogP contribution in [0.3, 0.4) is 0 Å². The molecule has 0 aliphatic heterocycles. The van der Waals surface area contributed by atoms with Gasteiger partial charge >= 0.3 is 5.69 Å². The Hall–Kier alpha value is -3.89. The summed E-state index contributed by atoms with van der Waals surface area (Å²) in [7, 11) is 0. The number of fused-ring (bicyclic) bond motifs is 1. The molecule has 0 fully saturated rings. The minimum Gasteiger partial charge on any atom is -0.318 e. The standard InChI is InChI=1S/C16H13FN8O2/c1-8(10-3-2-9(17)4-19-10)25-13-11(23-16(25)27)6-20-15(24-13)22-12-5-18-7-21-14(12)26/h2-8H,1H3,(H,23,27)(H,18,21,26)(H,20,22,24)/t8-/m1/s1. The maximum absolute atomic E-state index is 13.1. The van der Waals surface area contributed by atoms with E-state index >= 15 is 0 Å². The van der Waals surface area contributed by atoms with E-state index in [1.54, 1.807) is 6.92 Å². The zero-order valence-corrected chi connectivity index (χ0v) is 14.0. The van der Waals surface area contributed by atoms with Crippen molar-refractivity contribution in [2.24, 2.45) is 0 Å². The maximum Gasteiger partial charge on any atom is 0.328 e. The fourth-order valence-electron chi connectivity index (χ4n) is 2.66. The smallest absolute Gasteiger partial charge is 0.318 e. The molecule has 0 aromatic carbocycles. The van der Waals surface area contributed by atoms with Crippen molar-refractivity contribution < 1.29 is 4.39 Å². The Kier molecular flexibility index (Phi) is 3.95. The van der Waals surface area contributed by atoms with Gasteiger partial charge in [0, 0.05) is 0 Å². The van der Waals surface area contributed by atoms with E-state index in [2.05, 4.69) is 35.2 Å². The van der Waals surface area contributed by atoms with E-state index in [9.17, 15) is 14.0 Å². The first-order chi connectivity index (χ1) is 13.0. The molecule has 0 unspecified atom stereocenters. The van der Waals surface area contributed by atoms with Gasteiger partial charge in [-0.15, -0.1) is 0 Å². The van der Waals surface area contributed by atoms with Crippen LogP contribution in [-0.4, -0.2) is 34.5 Å². The number of imidazole rings is 1. The molecule has 3 N–H and O–H groups in total. The van der Waals surface area contributed by atoms with Gasteiger partial charge in [0.25, 0.3) is 5.56 Å². The fourth-order valence-corrected chi connectivity index (χ4v) is 2.66. The molecule has 4 aromatic rings. The van der Waals surface area contributed by atoms with Crippen molar-refractivity contribution in [1.29, 1.82) is 0 Å². The van der Waals surface area contributed by atoms with Gasteiger partial charge in [-0.3, -0.25) is 14.3 Å². The Morgan fingerprint density at radius 3 is 2.78 bits per heavy atom. The van der Waals surface area contributed by atoms with Gasteiger partial charge in [0.1, 0.15) is 17.0 Å². The van der Waals surface area contributed by atoms with Crippen molar-refractivity contribution in [2.45, 2.75) is 13.0 Å². The number of anilines is 2. The summed E-state index contributed by atoms with van der Waals surface area (Å²) in [6, 6.07) is 2.27. The number of H-pyrrole nitrogens is 2. The predicted molar refractivity (Wildman–Crippen MR) is 94.3 cm³/mol. The number of pyridine rings is 1. The zero-order chi connectivity index (χ0) is 19.0. The first-order valence-electron chi connectivity index (χ1n) is 7.91. The van der Waals surface area contributed by atoms with Gasteiger partial charge in [-0.1, -0.05) is 0 Å². The van der Waals surface area contributed by atoms with Crippen LogP contribution < -0.4 is 16.6 Å². The lowest BCUT2D eigenvalue weighted by Crippen LogP contribution is -2.22. The fraction of sp³-hybridized carbons (Fsp3) is 0.125. The highest BCUT2D eigenvalue weighted by Gasteiger charge is 2.18. The van der Waals surface area contributed by atoms with Gasteiger partial charge in [0.2, 0.25) is 5.95 Å². The van der Waals surface area contributed by atoms with Crippen LogP contribution in [0, 0.1) is 5.82 Å². The molecule has 4 aromatic heterocycles. The number of nitrogens with zero attached hydrogens (tertiary/aromatic N) is 5. The lowest BCUT2D eigenvalue weighted by atomic mass is 10.2. The Morgan fingerprint density at radius 2 is 2.04 bits per heavy atom. The van der Waals surface area contributed by atoms with Crippen LogP contribution >= 0.6 is 0 Å². The van der Waals surface area contributed by atoms with Crippen molar-refractivity contribution in [3.8, 4) is 0 Å². The molecule has 0 saturated heterocycles. The van der Waals surface area contributed by atoms with Crippen LogP contribution in [-0.2, 0) is 0 Å². The number of aromatic nitrogens is 7. The van der Waals surface area contributed by atoms with E-state index in [4.69, 9.17) is 0 Å². The van der Waals surface area contributed by atoms with Crippen molar-refractivity contribution in [2.75, 3.05) is 5.32 Å². The molecule has 0 radical (unpaired) electrons. The SMILES string of the molecule is C[C@H](c1ccc(F)cn1)n1c(=O)[nH]c2cnc(Nc3cnc[nH]c3=O)nc21.